The van der Waals surface area contributed by atoms with Crippen LogP contribution in [0.2, 0.25) is 0 Å². The van der Waals surface area contributed by atoms with Crippen LogP contribution in [0.3, 0.4) is 0 Å². The van der Waals surface area contributed by atoms with Crippen molar-refractivity contribution in [2.24, 2.45) is 16.2 Å². The van der Waals surface area contributed by atoms with Crippen LogP contribution in [0, 0.1) is 16.2 Å². The zero-order valence-corrected chi connectivity index (χ0v) is 22.6. The van der Waals surface area contributed by atoms with Gasteiger partial charge in [0.05, 0.1) is 0 Å². The van der Waals surface area contributed by atoms with Crippen LogP contribution in [-0.2, 0) is 0 Å². The Kier molecular flexibility index (Phi) is 9.77. The van der Waals surface area contributed by atoms with E-state index in [2.05, 4.69) is 140 Å². The van der Waals surface area contributed by atoms with Gasteiger partial charge < -0.3 is 0 Å². The summed E-state index contributed by atoms with van der Waals surface area (Å²) in [5, 5.41) is 0. The van der Waals surface area contributed by atoms with Crippen molar-refractivity contribution < 1.29 is 0 Å². The molecule has 0 aromatic heterocycles. The third-order valence-corrected chi connectivity index (χ3v) is 7.43. The summed E-state index contributed by atoms with van der Waals surface area (Å²) in [6.07, 6.45) is 13.6. The molecule has 0 aliphatic rings. The van der Waals surface area contributed by atoms with Crippen molar-refractivity contribution in [3.05, 3.63) is 96.1 Å². The molecule has 0 heterocycles. The van der Waals surface area contributed by atoms with Crippen LogP contribution < -0.4 is 0 Å². The highest BCUT2D eigenvalue weighted by Gasteiger charge is 2.35. The molecule has 0 amide bonds. The Bertz CT molecular complexity index is 865. The van der Waals surface area contributed by atoms with Crippen molar-refractivity contribution in [2.75, 3.05) is 0 Å². The van der Waals surface area contributed by atoms with Crippen LogP contribution in [0.4, 0.5) is 0 Å². The second kappa shape index (κ2) is 11.9. The van der Waals surface area contributed by atoms with E-state index in [0.29, 0.717) is 11.8 Å². The van der Waals surface area contributed by atoms with Gasteiger partial charge in [-0.15, -0.1) is 0 Å². The molecule has 0 radical (unpaired) electrons. The van der Waals surface area contributed by atoms with Gasteiger partial charge in [-0.2, -0.15) is 0 Å². The van der Waals surface area contributed by atoms with E-state index in [1.54, 1.807) is 0 Å². The third-order valence-electron chi connectivity index (χ3n) is 7.43. The molecule has 2 rings (SSSR count). The summed E-state index contributed by atoms with van der Waals surface area (Å²) in [5.74, 6) is 1.07. The topological polar surface area (TPSA) is 0 Å². The molecule has 33 heavy (non-hydrogen) atoms. The maximum Gasteiger partial charge on any atom is -0.0105 e. The van der Waals surface area contributed by atoms with Gasteiger partial charge in [-0.3, -0.25) is 0 Å². The zero-order valence-electron chi connectivity index (χ0n) is 22.6. The lowest BCUT2D eigenvalue weighted by atomic mass is 9.64. The fourth-order valence-electron chi connectivity index (χ4n) is 5.64. The Labute approximate surface area is 205 Å². The smallest absolute Gasteiger partial charge is 0.0105 e. The summed E-state index contributed by atoms with van der Waals surface area (Å²) in [4.78, 5) is 0. The van der Waals surface area contributed by atoms with E-state index in [1.165, 1.54) is 36.8 Å². The lowest BCUT2D eigenvalue weighted by Crippen LogP contribution is -2.27. The van der Waals surface area contributed by atoms with E-state index in [-0.39, 0.29) is 16.2 Å². The second-order valence-corrected chi connectivity index (χ2v) is 12.1. The van der Waals surface area contributed by atoms with Crippen LogP contribution in [-0.4, -0.2) is 0 Å². The van der Waals surface area contributed by atoms with Crippen molar-refractivity contribution >= 4 is 0 Å². The Balaban J connectivity index is 2.36. The van der Waals surface area contributed by atoms with Gasteiger partial charge in [0.2, 0.25) is 0 Å². The minimum Gasteiger partial charge on any atom is -0.0877 e. The van der Waals surface area contributed by atoms with Crippen molar-refractivity contribution in [3.63, 3.8) is 0 Å². The van der Waals surface area contributed by atoms with E-state index in [1.807, 2.05) is 0 Å². The fraction of sp³-hybridized carbons (Fsp3) is 0.515. The van der Waals surface area contributed by atoms with Gasteiger partial charge in [0.15, 0.2) is 0 Å². The molecule has 2 unspecified atom stereocenters. The summed E-state index contributed by atoms with van der Waals surface area (Å²) in [6, 6.07) is 22.5. The predicted octanol–water partition coefficient (Wildman–Crippen LogP) is 10.3. The Hall–Kier alpha value is -2.08. The highest BCUT2D eigenvalue weighted by molar-refractivity contribution is 5.26. The van der Waals surface area contributed by atoms with Crippen LogP contribution in [0.5, 0.6) is 0 Å². The average molecular weight is 445 g/mol. The van der Waals surface area contributed by atoms with Gasteiger partial charge in [0.1, 0.15) is 0 Å². The average Bonchev–Trinajstić information content (AvgIpc) is 2.77. The largest absolute Gasteiger partial charge is 0.0877 e. The molecule has 2 aromatic carbocycles. The predicted molar refractivity (Wildman–Crippen MR) is 148 cm³/mol. The second-order valence-electron chi connectivity index (χ2n) is 12.1. The Morgan fingerprint density at radius 3 is 1.82 bits per heavy atom. The fourth-order valence-corrected chi connectivity index (χ4v) is 5.64. The molecule has 0 fully saturated rings. The lowest BCUT2D eigenvalue weighted by molar-refractivity contribution is 0.184. The van der Waals surface area contributed by atoms with Crippen LogP contribution >= 0.6 is 0 Å². The van der Waals surface area contributed by atoms with Crippen molar-refractivity contribution in [1.29, 1.82) is 0 Å². The quantitative estimate of drug-likeness (QED) is 0.286. The Morgan fingerprint density at radius 1 is 0.758 bits per heavy atom. The maximum atomic E-state index is 2.47. The minimum absolute atomic E-state index is 0.172. The molecule has 0 aliphatic heterocycles. The number of hydrogen-bond donors (Lipinski definition) is 0. The molecule has 0 N–H and O–H groups in total. The van der Waals surface area contributed by atoms with Gasteiger partial charge in [0, 0.05) is 0 Å². The van der Waals surface area contributed by atoms with E-state index in [0.717, 1.165) is 0 Å². The van der Waals surface area contributed by atoms with Gasteiger partial charge in [-0.05, 0) is 65.4 Å². The maximum absolute atomic E-state index is 2.47. The molecule has 180 valence electrons. The van der Waals surface area contributed by atoms with Gasteiger partial charge in [-0.1, -0.05) is 140 Å². The highest BCUT2D eigenvalue weighted by Crippen LogP contribution is 2.48. The standard InChI is InChI=1S/C33H48/c1-9-11-18-23-31(3,4)26-32(5,6)25-29(27-19-14-12-15-20-27)24-30(33(7,8)10-2)28-21-16-13-17-22-28/h9,11-23,29-30H,10,24-26H2,1-8H3. The summed E-state index contributed by atoms with van der Waals surface area (Å²) >= 11 is 0. The number of rotatable bonds is 12. The van der Waals surface area contributed by atoms with Crippen LogP contribution in [0.25, 0.3) is 0 Å². The van der Waals surface area contributed by atoms with E-state index >= 15 is 0 Å². The van der Waals surface area contributed by atoms with Crippen molar-refractivity contribution in [2.45, 2.75) is 92.9 Å². The molecule has 0 spiro atoms. The van der Waals surface area contributed by atoms with E-state index < -0.39 is 0 Å². The molecule has 0 bridgehead atoms. The molecule has 0 saturated carbocycles. The molecular formula is C33H48. The first kappa shape index (κ1) is 27.2. The highest BCUT2D eigenvalue weighted by atomic mass is 14.4. The third kappa shape index (κ3) is 8.65. The molecule has 2 aromatic rings. The summed E-state index contributed by atoms with van der Waals surface area (Å²) in [5.41, 5.74) is 3.64. The molecule has 0 aliphatic carbocycles. The van der Waals surface area contributed by atoms with Gasteiger partial charge >= 0.3 is 0 Å². The van der Waals surface area contributed by atoms with Gasteiger partial charge in [0.25, 0.3) is 0 Å². The lowest BCUT2D eigenvalue weighted by Gasteiger charge is -2.40. The van der Waals surface area contributed by atoms with Gasteiger partial charge in [-0.25, -0.2) is 0 Å². The molecule has 0 heteroatoms. The van der Waals surface area contributed by atoms with Crippen molar-refractivity contribution in [3.8, 4) is 0 Å². The first-order valence-electron chi connectivity index (χ1n) is 12.9. The monoisotopic (exact) mass is 444 g/mol. The van der Waals surface area contributed by atoms with E-state index in [4.69, 9.17) is 0 Å². The first-order chi connectivity index (χ1) is 15.5. The first-order valence-corrected chi connectivity index (χ1v) is 12.9. The number of allylic oxidation sites excluding steroid dienone is 4. The van der Waals surface area contributed by atoms with Crippen LogP contribution in [0.15, 0.2) is 85.0 Å². The summed E-state index contributed by atoms with van der Waals surface area (Å²) in [6.45, 7) is 19.0. The summed E-state index contributed by atoms with van der Waals surface area (Å²) < 4.78 is 0. The number of hydrogen-bond acceptors (Lipinski definition) is 0. The van der Waals surface area contributed by atoms with E-state index in [9.17, 15) is 0 Å². The summed E-state index contributed by atoms with van der Waals surface area (Å²) in [7, 11) is 0. The minimum atomic E-state index is 0.172. The van der Waals surface area contributed by atoms with Crippen molar-refractivity contribution in [1.82, 2.24) is 0 Å². The molecule has 2 atom stereocenters. The molecule has 0 saturated heterocycles. The van der Waals surface area contributed by atoms with Crippen LogP contribution in [0.1, 0.15) is 104 Å². The normalized spacial score (nSPS) is 15.3. The zero-order chi connectivity index (χ0) is 24.5. The number of benzene rings is 2. The molecule has 0 nitrogen and oxygen atoms in total. The SMILES string of the molecule is CC=CC=CC(C)(C)CC(C)(C)CC(CC(c1ccccc1)C(C)(C)CC)c1ccccc1. The Morgan fingerprint density at radius 2 is 1.30 bits per heavy atom. The molecular weight excluding hydrogens is 396 g/mol.